The summed E-state index contributed by atoms with van der Waals surface area (Å²) < 4.78 is 5.52. The Kier molecular flexibility index (Phi) is 10.1. The molecule has 0 unspecified atom stereocenters. The second kappa shape index (κ2) is 13.5. The molecule has 3 heterocycles. The summed E-state index contributed by atoms with van der Waals surface area (Å²) >= 11 is 0. The molecule has 1 aliphatic carbocycles. The van der Waals surface area contributed by atoms with Gasteiger partial charge in [0.15, 0.2) is 5.78 Å². The Morgan fingerprint density at radius 3 is 2.54 bits per heavy atom. The van der Waals surface area contributed by atoms with E-state index in [0.717, 1.165) is 49.1 Å². The number of aryl methyl sites for hydroxylation is 3. The maximum absolute atomic E-state index is 13.5. The van der Waals surface area contributed by atoms with Crippen LogP contribution in [-0.2, 0) is 19.1 Å². The molecule has 2 aliphatic heterocycles. The van der Waals surface area contributed by atoms with Gasteiger partial charge in [-0.2, -0.15) is 0 Å². The molecule has 3 amide bonds. The Morgan fingerprint density at radius 1 is 1.08 bits per heavy atom. The predicted molar refractivity (Wildman–Crippen MR) is 147 cm³/mol. The molecule has 0 spiro atoms. The van der Waals surface area contributed by atoms with Gasteiger partial charge in [0.1, 0.15) is 12.1 Å². The number of carbonyl (C=O) groups excluding carboxylic acids is 4. The number of pyridine rings is 1. The first kappa shape index (κ1) is 29.2. The topological polar surface area (TPSA) is 126 Å². The van der Waals surface area contributed by atoms with Gasteiger partial charge in [-0.1, -0.05) is 12.8 Å². The summed E-state index contributed by atoms with van der Waals surface area (Å²) in [4.78, 5) is 56.3. The van der Waals surface area contributed by atoms with Crippen molar-refractivity contribution >= 4 is 23.5 Å². The highest BCUT2D eigenvalue weighted by Gasteiger charge is 2.34. The van der Waals surface area contributed by atoms with Crippen LogP contribution in [0, 0.1) is 32.6 Å². The zero-order valence-corrected chi connectivity index (χ0v) is 23.6. The quantitative estimate of drug-likeness (QED) is 0.330. The van der Waals surface area contributed by atoms with Crippen LogP contribution >= 0.6 is 0 Å². The Hall–Kier alpha value is -2.81. The van der Waals surface area contributed by atoms with Gasteiger partial charge in [-0.15, -0.1) is 0 Å². The van der Waals surface area contributed by atoms with Crippen molar-refractivity contribution in [3.05, 3.63) is 28.6 Å². The second-order valence-corrected chi connectivity index (χ2v) is 11.7. The highest BCUT2D eigenvalue weighted by molar-refractivity contribution is 5.98. The van der Waals surface area contributed by atoms with Crippen LogP contribution in [0.5, 0.6) is 0 Å². The minimum Gasteiger partial charge on any atom is -0.368 e. The maximum atomic E-state index is 13.5. The molecule has 2 saturated heterocycles. The molecule has 3 fully saturated rings. The van der Waals surface area contributed by atoms with E-state index < -0.39 is 12.1 Å². The van der Waals surface area contributed by atoms with E-state index in [9.17, 15) is 19.2 Å². The van der Waals surface area contributed by atoms with Crippen LogP contribution in [0.1, 0.15) is 97.9 Å². The lowest BCUT2D eigenvalue weighted by Crippen LogP contribution is -2.52. The fourth-order valence-electron chi connectivity index (χ4n) is 6.00. The highest BCUT2D eigenvalue weighted by Crippen LogP contribution is 2.34. The van der Waals surface area contributed by atoms with Gasteiger partial charge in [0.25, 0.3) is 0 Å². The van der Waals surface area contributed by atoms with E-state index in [-0.39, 0.29) is 35.5 Å². The molecule has 4 atom stereocenters. The number of hydrogen-bond acceptors (Lipinski definition) is 6. The van der Waals surface area contributed by atoms with Crippen molar-refractivity contribution in [3.63, 3.8) is 0 Å². The third-order valence-electron chi connectivity index (χ3n) is 8.20. The first-order valence-electron chi connectivity index (χ1n) is 14.7. The third kappa shape index (κ3) is 8.34. The fourth-order valence-corrected chi connectivity index (χ4v) is 6.00. The summed E-state index contributed by atoms with van der Waals surface area (Å²) in [6.07, 6.45) is 7.50. The van der Waals surface area contributed by atoms with E-state index in [1.165, 1.54) is 0 Å². The molecule has 0 bridgehead atoms. The molecule has 0 aromatic carbocycles. The minimum absolute atomic E-state index is 0.0229. The molecule has 214 valence electrons. The van der Waals surface area contributed by atoms with Gasteiger partial charge in [0.2, 0.25) is 17.7 Å². The summed E-state index contributed by atoms with van der Waals surface area (Å²) in [6.45, 7) is 6.97. The summed E-state index contributed by atoms with van der Waals surface area (Å²) in [5.74, 6) is -0.0906. The molecule has 1 saturated carbocycles. The third-order valence-corrected chi connectivity index (χ3v) is 8.20. The average Bonchev–Trinajstić information content (AvgIpc) is 3.52. The van der Waals surface area contributed by atoms with Gasteiger partial charge in [0.05, 0.1) is 0 Å². The molecule has 1 aromatic heterocycles. The molecular formula is C30H44N4O5. The van der Waals surface area contributed by atoms with Crippen LogP contribution < -0.4 is 16.0 Å². The van der Waals surface area contributed by atoms with Gasteiger partial charge in [-0.05, 0) is 89.7 Å². The summed E-state index contributed by atoms with van der Waals surface area (Å²) in [5, 5.41) is 9.04. The number of carbonyl (C=O) groups is 4. The summed E-state index contributed by atoms with van der Waals surface area (Å²) in [7, 11) is 0. The van der Waals surface area contributed by atoms with Crippen molar-refractivity contribution in [2.75, 3.05) is 13.2 Å². The number of amides is 3. The number of hydrogen-bond donors (Lipinski definition) is 3. The molecular weight excluding hydrogens is 496 g/mol. The van der Waals surface area contributed by atoms with Crippen molar-refractivity contribution in [2.45, 2.75) is 110 Å². The normalized spacial score (nSPS) is 22.6. The maximum Gasteiger partial charge on any atom is 0.249 e. The number of nitrogens with one attached hydrogen (secondary N) is 3. The zero-order chi connectivity index (χ0) is 27.9. The van der Waals surface area contributed by atoms with E-state index in [4.69, 9.17) is 4.74 Å². The molecule has 9 heteroatoms. The van der Waals surface area contributed by atoms with Crippen molar-refractivity contribution in [1.29, 1.82) is 0 Å². The zero-order valence-electron chi connectivity index (χ0n) is 23.6. The Bertz CT molecular complexity index is 1040. The molecule has 4 rings (SSSR count). The molecule has 3 aliphatic rings. The monoisotopic (exact) mass is 540 g/mol. The fraction of sp³-hybridized carbons (Fsp3) is 0.700. The number of ether oxygens (including phenoxy) is 1. The van der Waals surface area contributed by atoms with E-state index in [0.29, 0.717) is 63.2 Å². The lowest BCUT2D eigenvalue weighted by atomic mass is 9.89. The van der Waals surface area contributed by atoms with Crippen molar-refractivity contribution in [1.82, 2.24) is 20.9 Å². The first-order valence-corrected chi connectivity index (χ1v) is 14.7. The van der Waals surface area contributed by atoms with Gasteiger partial charge in [-0.25, -0.2) is 0 Å². The van der Waals surface area contributed by atoms with Crippen molar-refractivity contribution < 1.29 is 23.9 Å². The number of nitrogens with zero attached hydrogens (tertiary/aromatic N) is 1. The summed E-state index contributed by atoms with van der Waals surface area (Å²) in [5.41, 5.74) is 3.24. The number of rotatable bonds is 13. The Labute approximate surface area is 231 Å². The molecule has 9 nitrogen and oxygen atoms in total. The van der Waals surface area contributed by atoms with Gasteiger partial charge in [0, 0.05) is 48.5 Å². The summed E-state index contributed by atoms with van der Waals surface area (Å²) in [6, 6.07) is 1.04. The van der Waals surface area contributed by atoms with Gasteiger partial charge < -0.3 is 20.7 Å². The lowest BCUT2D eigenvalue weighted by molar-refractivity contribution is -0.135. The number of ketones is 1. The van der Waals surface area contributed by atoms with Crippen molar-refractivity contribution in [3.8, 4) is 0 Å². The first-order chi connectivity index (χ1) is 18.7. The van der Waals surface area contributed by atoms with E-state index in [2.05, 4.69) is 20.9 Å². The SMILES string of the molecule is Cc1cc(C)c(C(=O)CCC[C@H](C[C@@H]2CCCNC2=O)NC(=O)[C@H](CC2CC2)NC(=O)[C@H]2CCCO2)c(C)n1. The van der Waals surface area contributed by atoms with Crippen LogP contribution in [0.3, 0.4) is 0 Å². The molecule has 39 heavy (non-hydrogen) atoms. The molecule has 1 aromatic rings. The second-order valence-electron chi connectivity index (χ2n) is 11.7. The molecule has 0 radical (unpaired) electrons. The number of aromatic nitrogens is 1. The van der Waals surface area contributed by atoms with Crippen LogP contribution in [0.15, 0.2) is 6.07 Å². The van der Waals surface area contributed by atoms with Crippen LogP contribution in [0.2, 0.25) is 0 Å². The number of Topliss-reactive ketones (excluding diaryl/α,β-unsaturated/α-hetero) is 1. The van der Waals surface area contributed by atoms with Crippen molar-refractivity contribution in [2.24, 2.45) is 11.8 Å². The smallest absolute Gasteiger partial charge is 0.249 e. The van der Waals surface area contributed by atoms with E-state index in [1.807, 2.05) is 26.8 Å². The number of piperidine rings is 1. The highest BCUT2D eigenvalue weighted by atomic mass is 16.5. The minimum atomic E-state index is -0.623. The van der Waals surface area contributed by atoms with E-state index in [1.54, 1.807) is 0 Å². The Morgan fingerprint density at radius 2 is 1.87 bits per heavy atom. The van der Waals surface area contributed by atoms with Crippen LogP contribution in [0.4, 0.5) is 0 Å². The van der Waals surface area contributed by atoms with Gasteiger partial charge >= 0.3 is 0 Å². The average molecular weight is 541 g/mol. The molecule has 3 N–H and O–H groups in total. The van der Waals surface area contributed by atoms with Gasteiger partial charge in [-0.3, -0.25) is 24.2 Å². The lowest BCUT2D eigenvalue weighted by Gasteiger charge is -2.29. The van der Waals surface area contributed by atoms with Crippen LogP contribution in [-0.4, -0.2) is 59.8 Å². The largest absolute Gasteiger partial charge is 0.368 e. The Balaban J connectivity index is 1.40. The predicted octanol–water partition coefficient (Wildman–Crippen LogP) is 3.22. The van der Waals surface area contributed by atoms with Crippen LogP contribution in [0.25, 0.3) is 0 Å². The standard InChI is InChI=1S/C30H44N4O5/c1-18-15-19(2)32-20(3)27(18)25(35)9-4-8-23(17-22-7-5-13-31-28(22)36)33-29(37)24(16-21-11-12-21)34-30(38)26-10-6-14-39-26/h15,21-24,26H,4-14,16-17H2,1-3H3,(H,31,36)(H,33,37)(H,34,38)/t22-,23+,24-,26+/m0/s1. The van der Waals surface area contributed by atoms with E-state index >= 15 is 0 Å².